The van der Waals surface area contributed by atoms with E-state index in [4.69, 9.17) is 0 Å². The molecule has 2 heteroatoms. The molecule has 2 aromatic carbocycles. The highest BCUT2D eigenvalue weighted by molar-refractivity contribution is 5.84. The van der Waals surface area contributed by atoms with Gasteiger partial charge in [-0.15, -0.1) is 0 Å². The van der Waals surface area contributed by atoms with Gasteiger partial charge in [0.05, 0.1) is 0 Å². The molecule has 1 aromatic heterocycles. The van der Waals surface area contributed by atoms with Gasteiger partial charge in [-0.25, -0.2) is 4.98 Å². The molecule has 0 fully saturated rings. The lowest BCUT2D eigenvalue weighted by Gasteiger charge is -2.06. The number of nitrogens with zero attached hydrogens (tertiary/aromatic N) is 2. The van der Waals surface area contributed by atoms with E-state index < -0.39 is 0 Å². The van der Waals surface area contributed by atoms with Crippen molar-refractivity contribution in [2.24, 2.45) is 0 Å². The van der Waals surface area contributed by atoms with Crippen molar-refractivity contribution < 1.29 is 0 Å². The zero-order valence-corrected chi connectivity index (χ0v) is 9.09. The summed E-state index contributed by atoms with van der Waals surface area (Å²) in [5.41, 5.74) is 1.16. The van der Waals surface area contributed by atoms with Gasteiger partial charge in [0, 0.05) is 18.1 Å². The first-order valence-corrected chi connectivity index (χ1v) is 5.34. The number of aromatic nitrogens is 2. The smallest absolute Gasteiger partial charge is 0.110 e. The van der Waals surface area contributed by atoms with Gasteiger partial charge >= 0.3 is 0 Å². The zero-order valence-electron chi connectivity index (χ0n) is 9.09. The fourth-order valence-corrected chi connectivity index (χ4v) is 1.98. The molecule has 0 saturated heterocycles. The molecule has 0 aliphatic heterocycles. The van der Waals surface area contributed by atoms with Crippen LogP contribution < -0.4 is 0 Å². The van der Waals surface area contributed by atoms with E-state index in [0.29, 0.717) is 0 Å². The van der Waals surface area contributed by atoms with Crippen LogP contribution in [0.4, 0.5) is 0 Å². The fourth-order valence-electron chi connectivity index (χ4n) is 1.98. The van der Waals surface area contributed by atoms with Crippen LogP contribution in [-0.4, -0.2) is 9.55 Å². The number of rotatable bonds is 1. The Morgan fingerprint density at radius 3 is 2.56 bits per heavy atom. The standard InChI is InChI=1S/C14H12N2/c1-11-15-8-9-16(11)14-7-6-12-4-2-3-5-13(12)10-14/h2-10H,1H3. The molecule has 0 saturated carbocycles. The summed E-state index contributed by atoms with van der Waals surface area (Å²) in [6, 6.07) is 14.8. The van der Waals surface area contributed by atoms with E-state index in [-0.39, 0.29) is 0 Å². The van der Waals surface area contributed by atoms with Gasteiger partial charge in [0.1, 0.15) is 5.82 Å². The minimum absolute atomic E-state index is 1.01. The van der Waals surface area contributed by atoms with Gasteiger partial charge in [0.2, 0.25) is 0 Å². The van der Waals surface area contributed by atoms with E-state index in [1.54, 1.807) is 0 Å². The maximum Gasteiger partial charge on any atom is 0.110 e. The minimum Gasteiger partial charge on any atom is -0.304 e. The number of fused-ring (bicyclic) bond motifs is 1. The molecular formula is C14H12N2. The zero-order chi connectivity index (χ0) is 11.0. The van der Waals surface area contributed by atoms with Crippen LogP contribution in [0.2, 0.25) is 0 Å². The second-order valence-corrected chi connectivity index (χ2v) is 3.88. The first-order valence-electron chi connectivity index (χ1n) is 5.34. The van der Waals surface area contributed by atoms with Crippen molar-refractivity contribution in [1.29, 1.82) is 0 Å². The van der Waals surface area contributed by atoms with E-state index in [0.717, 1.165) is 11.5 Å². The highest BCUT2D eigenvalue weighted by atomic mass is 15.1. The molecule has 16 heavy (non-hydrogen) atoms. The number of hydrogen-bond acceptors (Lipinski definition) is 1. The number of imidazole rings is 1. The summed E-state index contributed by atoms with van der Waals surface area (Å²) in [5, 5.41) is 2.53. The summed E-state index contributed by atoms with van der Waals surface area (Å²) in [7, 11) is 0. The van der Waals surface area contributed by atoms with Crippen molar-refractivity contribution in [2.45, 2.75) is 6.92 Å². The van der Waals surface area contributed by atoms with Crippen molar-refractivity contribution in [3.63, 3.8) is 0 Å². The summed E-state index contributed by atoms with van der Waals surface area (Å²) in [5.74, 6) is 1.01. The van der Waals surface area contributed by atoms with Gasteiger partial charge < -0.3 is 4.57 Å². The van der Waals surface area contributed by atoms with Crippen molar-refractivity contribution >= 4 is 10.8 Å². The van der Waals surface area contributed by atoms with E-state index in [2.05, 4.69) is 52.0 Å². The molecule has 3 aromatic rings. The summed E-state index contributed by atoms with van der Waals surface area (Å²) < 4.78 is 2.09. The molecule has 0 bridgehead atoms. The lowest BCUT2D eigenvalue weighted by molar-refractivity contribution is 0.977. The average Bonchev–Trinajstić information content (AvgIpc) is 2.75. The van der Waals surface area contributed by atoms with Crippen LogP contribution >= 0.6 is 0 Å². The van der Waals surface area contributed by atoms with E-state index in [9.17, 15) is 0 Å². The highest BCUT2D eigenvalue weighted by Crippen LogP contribution is 2.18. The minimum atomic E-state index is 1.01. The third-order valence-corrected chi connectivity index (χ3v) is 2.84. The topological polar surface area (TPSA) is 17.8 Å². The average molecular weight is 208 g/mol. The van der Waals surface area contributed by atoms with Crippen molar-refractivity contribution in [2.75, 3.05) is 0 Å². The Morgan fingerprint density at radius 2 is 1.81 bits per heavy atom. The second-order valence-electron chi connectivity index (χ2n) is 3.88. The Balaban J connectivity index is 2.23. The maximum absolute atomic E-state index is 4.24. The molecule has 0 radical (unpaired) electrons. The molecular weight excluding hydrogens is 196 g/mol. The van der Waals surface area contributed by atoms with Gasteiger partial charge in [0.25, 0.3) is 0 Å². The van der Waals surface area contributed by atoms with Gasteiger partial charge in [-0.1, -0.05) is 30.3 Å². The molecule has 78 valence electrons. The first-order chi connectivity index (χ1) is 7.84. The summed E-state index contributed by atoms with van der Waals surface area (Å²) in [6.45, 7) is 2.01. The van der Waals surface area contributed by atoms with Crippen LogP contribution in [0.5, 0.6) is 0 Å². The summed E-state index contributed by atoms with van der Waals surface area (Å²) in [6.07, 6.45) is 3.81. The van der Waals surface area contributed by atoms with E-state index in [1.807, 2.05) is 19.3 Å². The second kappa shape index (κ2) is 3.49. The summed E-state index contributed by atoms with van der Waals surface area (Å²) in [4.78, 5) is 4.24. The number of benzene rings is 2. The van der Waals surface area contributed by atoms with Crippen molar-refractivity contribution in [3.8, 4) is 5.69 Å². The van der Waals surface area contributed by atoms with Crippen LogP contribution in [0.3, 0.4) is 0 Å². The number of aryl methyl sites for hydroxylation is 1. The Morgan fingerprint density at radius 1 is 1.00 bits per heavy atom. The Hall–Kier alpha value is -2.09. The third-order valence-electron chi connectivity index (χ3n) is 2.84. The predicted octanol–water partition coefficient (Wildman–Crippen LogP) is 3.33. The van der Waals surface area contributed by atoms with Gasteiger partial charge in [-0.3, -0.25) is 0 Å². The highest BCUT2D eigenvalue weighted by Gasteiger charge is 2.00. The molecule has 0 N–H and O–H groups in total. The normalized spacial score (nSPS) is 10.8. The predicted molar refractivity (Wildman–Crippen MR) is 65.8 cm³/mol. The quantitative estimate of drug-likeness (QED) is 0.599. The molecule has 0 spiro atoms. The lowest BCUT2D eigenvalue weighted by atomic mass is 10.1. The van der Waals surface area contributed by atoms with Crippen molar-refractivity contribution in [3.05, 3.63) is 60.7 Å². The first kappa shape index (κ1) is 9.16. The molecule has 0 atom stereocenters. The Bertz CT molecular complexity index is 638. The van der Waals surface area contributed by atoms with Gasteiger partial charge in [0.15, 0.2) is 0 Å². The molecule has 2 nitrogen and oxygen atoms in total. The van der Waals surface area contributed by atoms with E-state index >= 15 is 0 Å². The van der Waals surface area contributed by atoms with Crippen LogP contribution in [-0.2, 0) is 0 Å². The lowest BCUT2D eigenvalue weighted by Crippen LogP contribution is -1.94. The third kappa shape index (κ3) is 1.39. The van der Waals surface area contributed by atoms with E-state index in [1.165, 1.54) is 10.8 Å². The molecule has 0 aliphatic carbocycles. The maximum atomic E-state index is 4.24. The van der Waals surface area contributed by atoms with Gasteiger partial charge in [-0.2, -0.15) is 0 Å². The SMILES string of the molecule is Cc1nccn1-c1ccc2ccccc2c1. The van der Waals surface area contributed by atoms with Crippen molar-refractivity contribution in [1.82, 2.24) is 9.55 Å². The molecule has 1 heterocycles. The number of hydrogen-bond donors (Lipinski definition) is 0. The van der Waals surface area contributed by atoms with Crippen LogP contribution in [0, 0.1) is 6.92 Å². The molecule has 0 amide bonds. The Labute approximate surface area is 94.2 Å². The van der Waals surface area contributed by atoms with Crippen LogP contribution in [0.25, 0.3) is 16.5 Å². The monoisotopic (exact) mass is 208 g/mol. The van der Waals surface area contributed by atoms with Crippen LogP contribution in [0.1, 0.15) is 5.82 Å². The molecule has 3 rings (SSSR count). The largest absolute Gasteiger partial charge is 0.304 e. The van der Waals surface area contributed by atoms with Crippen LogP contribution in [0.15, 0.2) is 54.9 Å². The summed E-state index contributed by atoms with van der Waals surface area (Å²) >= 11 is 0. The fraction of sp³-hybridized carbons (Fsp3) is 0.0714. The van der Waals surface area contributed by atoms with Gasteiger partial charge in [-0.05, 0) is 29.8 Å². The molecule has 0 unspecified atom stereocenters. The Kier molecular flexibility index (Phi) is 2.00. The molecule has 0 aliphatic rings.